The molecule has 0 atom stereocenters. The number of carboxylic acid groups (broad SMARTS) is 1. The number of aryl methyl sites for hydroxylation is 1. The summed E-state index contributed by atoms with van der Waals surface area (Å²) in [4.78, 5) is 10.3. The van der Waals surface area contributed by atoms with E-state index in [1.54, 1.807) is 0 Å². The van der Waals surface area contributed by atoms with Gasteiger partial charge in [0.15, 0.2) is 0 Å². The fourth-order valence-electron chi connectivity index (χ4n) is 1.48. The highest BCUT2D eigenvalue weighted by Gasteiger charge is 2.08. The molecule has 15 heavy (non-hydrogen) atoms. The van der Waals surface area contributed by atoms with Gasteiger partial charge in [-0.3, -0.25) is 0 Å². The Morgan fingerprint density at radius 3 is 2.67 bits per heavy atom. The third kappa shape index (κ3) is 3.24. The molecule has 0 amide bonds. The van der Waals surface area contributed by atoms with Crippen LogP contribution in [-0.4, -0.2) is 5.97 Å². The molecule has 0 radical (unpaired) electrons. The molecule has 1 rings (SSSR count). The highest BCUT2D eigenvalue weighted by molar-refractivity contribution is 6.32. The van der Waals surface area contributed by atoms with Gasteiger partial charge >= 0.3 is 0 Å². The summed E-state index contributed by atoms with van der Waals surface area (Å²) in [7, 11) is 0. The van der Waals surface area contributed by atoms with Crippen LogP contribution >= 0.6 is 11.6 Å². The summed E-state index contributed by atoms with van der Waals surface area (Å²) in [6.07, 6.45) is 0.447. The molecule has 0 heterocycles. The second-order valence-corrected chi connectivity index (χ2v) is 4.23. The quantitative estimate of drug-likeness (QED) is 0.788. The third-order valence-corrected chi connectivity index (χ3v) is 2.79. The van der Waals surface area contributed by atoms with E-state index in [-0.39, 0.29) is 6.42 Å². The van der Waals surface area contributed by atoms with Gasteiger partial charge in [-0.1, -0.05) is 43.6 Å². The van der Waals surface area contributed by atoms with Crippen LogP contribution < -0.4 is 5.11 Å². The number of benzene rings is 1. The molecule has 0 saturated carbocycles. The lowest BCUT2D eigenvalue weighted by molar-refractivity contribution is -0.305. The molecule has 1 aromatic carbocycles. The van der Waals surface area contributed by atoms with Gasteiger partial charge in [-0.25, -0.2) is 0 Å². The Bertz CT molecular complexity index is 359. The first kappa shape index (κ1) is 12.1. The molecule has 0 N–H and O–H groups in total. The summed E-state index contributed by atoms with van der Waals surface area (Å²) < 4.78 is 0. The Balaban J connectivity index is 2.89. The van der Waals surface area contributed by atoms with Crippen molar-refractivity contribution in [3.63, 3.8) is 0 Å². The fourth-order valence-corrected chi connectivity index (χ4v) is 1.91. The number of aliphatic carboxylic acids is 1. The second-order valence-electron chi connectivity index (χ2n) is 3.85. The van der Waals surface area contributed by atoms with Crippen LogP contribution in [0.1, 0.15) is 37.3 Å². The smallest absolute Gasteiger partial charge is 0.0472 e. The monoisotopic (exact) mass is 225 g/mol. The van der Waals surface area contributed by atoms with E-state index in [1.165, 1.54) is 0 Å². The lowest BCUT2D eigenvalue weighted by Crippen LogP contribution is -2.22. The van der Waals surface area contributed by atoms with Crippen LogP contribution in [-0.2, 0) is 11.2 Å². The van der Waals surface area contributed by atoms with E-state index in [0.29, 0.717) is 17.4 Å². The number of carboxylic acids is 1. The molecular weight excluding hydrogens is 212 g/mol. The van der Waals surface area contributed by atoms with Gasteiger partial charge in [0.1, 0.15) is 0 Å². The van der Waals surface area contributed by atoms with Crippen molar-refractivity contribution in [1.29, 1.82) is 0 Å². The first-order valence-corrected chi connectivity index (χ1v) is 5.37. The van der Waals surface area contributed by atoms with Crippen molar-refractivity contribution in [2.75, 3.05) is 0 Å². The third-order valence-electron chi connectivity index (χ3n) is 2.33. The number of rotatable bonds is 4. The van der Waals surface area contributed by atoms with E-state index in [9.17, 15) is 9.90 Å². The first-order chi connectivity index (χ1) is 7.02. The van der Waals surface area contributed by atoms with Crippen molar-refractivity contribution in [3.8, 4) is 0 Å². The second kappa shape index (κ2) is 5.17. The number of carbonyl (C=O) groups is 1. The Morgan fingerprint density at radius 2 is 2.13 bits per heavy atom. The normalized spacial score (nSPS) is 10.7. The number of halogens is 1. The maximum absolute atomic E-state index is 10.3. The largest absolute Gasteiger partial charge is 0.550 e. The minimum atomic E-state index is -1.04. The summed E-state index contributed by atoms with van der Waals surface area (Å²) in [5, 5.41) is 11.0. The standard InChI is InChI=1S/C12H15ClO2/c1-8(2)10-5-3-4-9(12(10)13)6-7-11(14)15/h3-5,8H,6-7H2,1-2H3,(H,14,15)/p-1. The summed E-state index contributed by atoms with van der Waals surface area (Å²) in [5.41, 5.74) is 1.94. The van der Waals surface area contributed by atoms with Gasteiger partial charge in [-0.15, -0.1) is 0 Å². The zero-order valence-electron chi connectivity index (χ0n) is 8.92. The van der Waals surface area contributed by atoms with Crippen molar-refractivity contribution >= 4 is 17.6 Å². The molecular formula is C12H14ClO2-. The molecule has 0 bridgehead atoms. The van der Waals surface area contributed by atoms with Gasteiger partial charge in [0.05, 0.1) is 0 Å². The van der Waals surface area contributed by atoms with E-state index < -0.39 is 5.97 Å². The van der Waals surface area contributed by atoms with Gasteiger partial charge in [-0.2, -0.15) is 0 Å². The van der Waals surface area contributed by atoms with Gasteiger partial charge in [-0.05, 0) is 29.9 Å². The number of hydrogen-bond acceptors (Lipinski definition) is 2. The Labute approximate surface area is 94.9 Å². The average molecular weight is 226 g/mol. The lowest BCUT2D eigenvalue weighted by Gasteiger charge is -2.12. The molecule has 0 unspecified atom stereocenters. The molecule has 0 saturated heterocycles. The van der Waals surface area contributed by atoms with E-state index >= 15 is 0 Å². The van der Waals surface area contributed by atoms with Crippen LogP contribution in [0.3, 0.4) is 0 Å². The summed E-state index contributed by atoms with van der Waals surface area (Å²) >= 11 is 6.17. The summed E-state index contributed by atoms with van der Waals surface area (Å²) in [5.74, 6) is -0.693. The van der Waals surface area contributed by atoms with Crippen molar-refractivity contribution < 1.29 is 9.90 Å². The minimum Gasteiger partial charge on any atom is -0.550 e. The van der Waals surface area contributed by atoms with E-state index in [2.05, 4.69) is 13.8 Å². The molecule has 0 aliphatic rings. The SMILES string of the molecule is CC(C)c1cccc(CCC(=O)[O-])c1Cl. The predicted molar refractivity (Wildman–Crippen MR) is 58.9 cm³/mol. The lowest BCUT2D eigenvalue weighted by atomic mass is 9.99. The van der Waals surface area contributed by atoms with Crippen LogP contribution in [0.25, 0.3) is 0 Å². The topological polar surface area (TPSA) is 40.1 Å². The molecule has 0 aromatic heterocycles. The number of carbonyl (C=O) groups excluding carboxylic acids is 1. The molecule has 2 nitrogen and oxygen atoms in total. The Kier molecular flexibility index (Phi) is 4.15. The fraction of sp³-hybridized carbons (Fsp3) is 0.417. The molecule has 0 spiro atoms. The van der Waals surface area contributed by atoms with Crippen LogP contribution in [0, 0.1) is 0 Å². The molecule has 0 aliphatic heterocycles. The van der Waals surface area contributed by atoms with Crippen molar-refractivity contribution in [2.24, 2.45) is 0 Å². The molecule has 0 aliphatic carbocycles. The summed E-state index contributed by atoms with van der Waals surface area (Å²) in [6, 6.07) is 5.73. The van der Waals surface area contributed by atoms with Gasteiger partial charge < -0.3 is 9.90 Å². The molecule has 1 aromatic rings. The van der Waals surface area contributed by atoms with Gasteiger partial charge in [0.2, 0.25) is 0 Å². The molecule has 0 fully saturated rings. The van der Waals surface area contributed by atoms with E-state index in [1.807, 2.05) is 18.2 Å². The Hall–Kier alpha value is -1.02. The average Bonchev–Trinajstić information content (AvgIpc) is 2.15. The highest BCUT2D eigenvalue weighted by Crippen LogP contribution is 2.28. The predicted octanol–water partition coefficient (Wildman–Crippen LogP) is 2.15. The Morgan fingerprint density at radius 1 is 1.47 bits per heavy atom. The zero-order valence-corrected chi connectivity index (χ0v) is 9.67. The van der Waals surface area contributed by atoms with Crippen molar-refractivity contribution in [1.82, 2.24) is 0 Å². The number of hydrogen-bond donors (Lipinski definition) is 0. The van der Waals surface area contributed by atoms with Crippen LogP contribution in [0.15, 0.2) is 18.2 Å². The maximum atomic E-state index is 10.3. The first-order valence-electron chi connectivity index (χ1n) is 4.99. The maximum Gasteiger partial charge on any atom is 0.0472 e. The van der Waals surface area contributed by atoms with Gasteiger partial charge in [0.25, 0.3) is 0 Å². The van der Waals surface area contributed by atoms with Crippen molar-refractivity contribution in [2.45, 2.75) is 32.6 Å². The highest BCUT2D eigenvalue weighted by atomic mass is 35.5. The molecule has 82 valence electrons. The van der Waals surface area contributed by atoms with Gasteiger partial charge in [0, 0.05) is 11.0 Å². The van der Waals surface area contributed by atoms with Crippen LogP contribution in [0.2, 0.25) is 5.02 Å². The van der Waals surface area contributed by atoms with E-state index in [4.69, 9.17) is 11.6 Å². The van der Waals surface area contributed by atoms with Crippen LogP contribution in [0.4, 0.5) is 0 Å². The minimum absolute atomic E-state index is 0.0151. The van der Waals surface area contributed by atoms with E-state index in [0.717, 1.165) is 11.1 Å². The van der Waals surface area contributed by atoms with Crippen LogP contribution in [0.5, 0.6) is 0 Å². The van der Waals surface area contributed by atoms with Crippen molar-refractivity contribution in [3.05, 3.63) is 34.3 Å². The molecule has 3 heteroatoms. The summed E-state index contributed by atoms with van der Waals surface area (Å²) in [6.45, 7) is 4.12. The zero-order chi connectivity index (χ0) is 11.4.